The molecule has 9 heteroatoms. The zero-order valence-corrected chi connectivity index (χ0v) is 15.7. The molecular weight excluding hydrogens is 308 g/mol. The van der Waals surface area contributed by atoms with Crippen LogP contribution in [0.4, 0.5) is 4.79 Å². The summed E-state index contributed by atoms with van der Waals surface area (Å²) in [4.78, 5) is 19.9. The molecule has 24 heavy (non-hydrogen) atoms. The molecule has 0 atom stereocenters. The van der Waals surface area contributed by atoms with E-state index in [0.717, 1.165) is 11.5 Å². The Balaban J connectivity index is 0.000000307. The molecule has 0 aliphatic heterocycles. The quantitative estimate of drug-likeness (QED) is 0.388. The Hall–Kier alpha value is -2.71. The van der Waals surface area contributed by atoms with Gasteiger partial charge in [0.1, 0.15) is 0 Å². The summed E-state index contributed by atoms with van der Waals surface area (Å²) in [7, 11) is 14.8. The molecule has 0 aliphatic carbocycles. The molecule has 0 fully saturated rings. The molecule has 0 aliphatic rings. The molecule has 0 saturated heterocycles. The van der Waals surface area contributed by atoms with E-state index in [-0.39, 0.29) is 6.03 Å². The molecule has 0 radical (unpaired) electrons. The van der Waals surface area contributed by atoms with E-state index in [2.05, 4.69) is 15.3 Å². The van der Waals surface area contributed by atoms with Gasteiger partial charge in [-0.2, -0.15) is 0 Å². The average Bonchev–Trinajstić information content (AvgIpc) is 2.90. The first kappa shape index (κ1) is 19.3. The lowest BCUT2D eigenvalue weighted by Gasteiger charge is -2.16. The second kappa shape index (κ2) is 8.23. The predicted molar refractivity (Wildman–Crippen MR) is 94.3 cm³/mol. The van der Waals surface area contributed by atoms with Crippen LogP contribution in [0.15, 0.2) is 18.3 Å². The number of nitrogens with zero attached hydrogens (tertiary/aromatic N) is 8. The largest absolute Gasteiger partial charge is 0.380 e. The highest BCUT2D eigenvalue weighted by molar-refractivity contribution is 5.86. The lowest BCUT2D eigenvalue weighted by molar-refractivity contribution is -0.472. The van der Waals surface area contributed by atoms with Crippen molar-refractivity contribution in [2.24, 2.45) is 0 Å². The van der Waals surface area contributed by atoms with Crippen LogP contribution in [0.2, 0.25) is 0 Å². The van der Waals surface area contributed by atoms with E-state index < -0.39 is 0 Å². The summed E-state index contributed by atoms with van der Waals surface area (Å²) in [6.07, 6.45) is 1.71. The van der Waals surface area contributed by atoms with Crippen LogP contribution in [0.1, 0.15) is 0 Å². The molecule has 0 unspecified atom stereocenters. The Labute approximate surface area is 142 Å². The number of rotatable bonds is 0. The molecule has 132 valence electrons. The predicted octanol–water partition coefficient (Wildman–Crippen LogP) is 0.0937. The number of fused-ring (bicyclic) bond motifs is 1. The molecule has 2 rings (SSSR count). The first-order chi connectivity index (χ1) is 11.2. The minimum absolute atomic E-state index is 0.0185. The molecule has 0 aromatic carbocycles. The van der Waals surface area contributed by atoms with Crippen molar-refractivity contribution in [3.63, 3.8) is 0 Å². The van der Waals surface area contributed by atoms with Gasteiger partial charge in [-0.25, -0.2) is 9.78 Å². The smallest absolute Gasteiger partial charge is 0.331 e. The molecule has 2 aromatic rings. The van der Waals surface area contributed by atoms with Crippen molar-refractivity contribution in [3.05, 3.63) is 18.3 Å². The maximum atomic E-state index is 10.7. The van der Waals surface area contributed by atoms with Gasteiger partial charge in [0.05, 0.1) is 28.2 Å². The van der Waals surface area contributed by atoms with Crippen molar-refractivity contribution >= 4 is 23.2 Å². The second-order valence-electron chi connectivity index (χ2n) is 6.01. The van der Waals surface area contributed by atoms with Crippen LogP contribution in [0, 0.1) is 0 Å². The van der Waals surface area contributed by atoms with Gasteiger partial charge < -0.3 is 9.80 Å². The highest BCUT2D eigenvalue weighted by Gasteiger charge is 2.20. The highest BCUT2D eigenvalue weighted by Crippen LogP contribution is 2.06. The van der Waals surface area contributed by atoms with Crippen LogP contribution in [-0.2, 0) is 0 Å². The summed E-state index contributed by atoms with van der Waals surface area (Å²) in [5.74, 6) is 0.940. The molecule has 0 bridgehead atoms. The van der Waals surface area contributed by atoms with Crippen molar-refractivity contribution in [1.82, 2.24) is 34.7 Å². The molecular formula is C15H27N8O+. The number of amides is 2. The number of carbonyl (C=O) groups excluding carboxylic acids is 1. The monoisotopic (exact) mass is 335 g/mol. The number of pyridine rings is 1. The Morgan fingerprint density at radius 3 is 2.04 bits per heavy atom. The fourth-order valence-corrected chi connectivity index (χ4v) is 2.09. The number of aromatic nitrogens is 4. The molecule has 2 amide bonds. The summed E-state index contributed by atoms with van der Waals surface area (Å²) < 4.78 is 3.77. The van der Waals surface area contributed by atoms with Crippen LogP contribution in [0.5, 0.6) is 0 Å². The van der Waals surface area contributed by atoms with Crippen molar-refractivity contribution < 1.29 is 9.37 Å². The van der Waals surface area contributed by atoms with Gasteiger partial charge in [-0.05, 0) is 12.1 Å². The first-order valence-electron chi connectivity index (χ1n) is 7.43. The van der Waals surface area contributed by atoms with E-state index in [9.17, 15) is 4.79 Å². The zero-order chi connectivity index (χ0) is 18.4. The summed E-state index contributed by atoms with van der Waals surface area (Å²) in [6.45, 7) is 0. The zero-order valence-electron chi connectivity index (χ0n) is 15.7. The fraction of sp³-hybridized carbons (Fsp3) is 0.533. The van der Waals surface area contributed by atoms with Gasteiger partial charge in [-0.3, -0.25) is 9.48 Å². The van der Waals surface area contributed by atoms with Gasteiger partial charge in [0.2, 0.25) is 5.65 Å². The SMILES string of the molecule is CN(C)C(=O)N(C)C.CN(C)C(n1nnc2ncccc21)=[N+](C)C. The van der Waals surface area contributed by atoms with Gasteiger partial charge in [0, 0.05) is 39.6 Å². The molecule has 9 nitrogen and oxygen atoms in total. The lowest BCUT2D eigenvalue weighted by Crippen LogP contribution is -2.36. The molecule has 2 aromatic heterocycles. The molecule has 0 saturated carbocycles. The van der Waals surface area contributed by atoms with Crippen molar-refractivity contribution in [2.45, 2.75) is 0 Å². The number of hydrogen-bond donors (Lipinski definition) is 0. The second-order valence-corrected chi connectivity index (χ2v) is 6.01. The molecule has 0 spiro atoms. The third kappa shape index (κ3) is 4.64. The Morgan fingerprint density at radius 2 is 1.62 bits per heavy atom. The summed E-state index contributed by atoms with van der Waals surface area (Å²) >= 11 is 0. The number of carbonyl (C=O) groups is 1. The van der Waals surface area contributed by atoms with E-state index in [0.29, 0.717) is 5.65 Å². The average molecular weight is 335 g/mol. The third-order valence-corrected chi connectivity index (χ3v) is 2.98. The first-order valence-corrected chi connectivity index (χ1v) is 7.43. The molecule has 0 N–H and O–H groups in total. The van der Waals surface area contributed by atoms with Crippen LogP contribution < -0.4 is 0 Å². The van der Waals surface area contributed by atoms with Gasteiger partial charge in [0.25, 0.3) is 0 Å². The normalized spacial score (nSPS) is 9.83. The third-order valence-electron chi connectivity index (χ3n) is 2.98. The van der Waals surface area contributed by atoms with Gasteiger partial charge in [-0.15, -0.1) is 0 Å². The van der Waals surface area contributed by atoms with Crippen LogP contribution >= 0.6 is 0 Å². The van der Waals surface area contributed by atoms with E-state index in [1.165, 1.54) is 9.80 Å². The van der Waals surface area contributed by atoms with Gasteiger partial charge in [-0.1, -0.05) is 9.78 Å². The van der Waals surface area contributed by atoms with Crippen LogP contribution in [0.3, 0.4) is 0 Å². The summed E-state index contributed by atoms with van der Waals surface area (Å²) in [5.41, 5.74) is 1.56. The topological polar surface area (TPSA) is 73.4 Å². The lowest BCUT2D eigenvalue weighted by atomic mass is 10.4. The van der Waals surface area contributed by atoms with Crippen molar-refractivity contribution in [1.29, 1.82) is 0 Å². The van der Waals surface area contributed by atoms with E-state index in [1.54, 1.807) is 39.1 Å². The Bertz CT molecular complexity index is 703. The Morgan fingerprint density at radius 1 is 1.04 bits per heavy atom. The standard InChI is InChI=1S/C10H15N6.C5H12N2O/c1-14(2)10(15(3)4)16-8-6-5-7-11-9(8)12-13-16;1-6(2)5(8)7(3)4/h5-7H,1-4H3;1-4H3/q+1;. The summed E-state index contributed by atoms with van der Waals surface area (Å²) in [6, 6.07) is 3.85. The minimum Gasteiger partial charge on any atom is -0.331 e. The van der Waals surface area contributed by atoms with Gasteiger partial charge >= 0.3 is 12.0 Å². The highest BCUT2D eigenvalue weighted by atomic mass is 16.2. The summed E-state index contributed by atoms with van der Waals surface area (Å²) in [5, 5.41) is 8.15. The van der Waals surface area contributed by atoms with Crippen LogP contribution in [0.25, 0.3) is 11.2 Å². The van der Waals surface area contributed by atoms with Crippen molar-refractivity contribution in [2.75, 3.05) is 56.4 Å². The van der Waals surface area contributed by atoms with E-state index in [4.69, 9.17) is 0 Å². The molecule has 2 heterocycles. The maximum absolute atomic E-state index is 10.7. The fourth-order valence-electron chi connectivity index (χ4n) is 2.09. The number of hydrogen-bond acceptors (Lipinski definition) is 4. The Kier molecular flexibility index (Phi) is 6.63. The number of urea groups is 1. The van der Waals surface area contributed by atoms with Gasteiger partial charge in [0.15, 0.2) is 5.52 Å². The van der Waals surface area contributed by atoms with Crippen molar-refractivity contribution in [3.8, 4) is 0 Å². The van der Waals surface area contributed by atoms with E-state index >= 15 is 0 Å². The van der Waals surface area contributed by atoms with Crippen LogP contribution in [-0.4, -0.2) is 108 Å². The minimum atomic E-state index is 0.0185. The van der Waals surface area contributed by atoms with E-state index in [1.807, 2.05) is 49.8 Å². The maximum Gasteiger partial charge on any atom is 0.380 e.